The lowest BCUT2D eigenvalue weighted by atomic mass is 10.1. The van der Waals surface area contributed by atoms with Gasteiger partial charge in [-0.25, -0.2) is 4.79 Å². The van der Waals surface area contributed by atoms with Crippen molar-refractivity contribution in [3.05, 3.63) is 50.7 Å². The van der Waals surface area contributed by atoms with Gasteiger partial charge in [0.1, 0.15) is 5.76 Å². The first-order valence-electron chi connectivity index (χ1n) is 5.15. The summed E-state index contributed by atoms with van der Waals surface area (Å²) in [5, 5.41) is 11.0. The zero-order chi connectivity index (χ0) is 14.0. The minimum absolute atomic E-state index is 0.00489. The van der Waals surface area contributed by atoms with Gasteiger partial charge in [0, 0.05) is 10.5 Å². The molecule has 0 bridgehead atoms. The van der Waals surface area contributed by atoms with Gasteiger partial charge in [-0.05, 0) is 24.3 Å². The molecule has 0 fully saturated rings. The van der Waals surface area contributed by atoms with Crippen LogP contribution in [0.15, 0.2) is 39.2 Å². The summed E-state index contributed by atoms with van der Waals surface area (Å²) >= 11 is 3.17. The molecule has 0 saturated carbocycles. The second-order valence-electron chi connectivity index (χ2n) is 3.57. The Hall–Kier alpha value is -2.15. The van der Waals surface area contributed by atoms with Crippen LogP contribution in [-0.4, -0.2) is 18.0 Å². The van der Waals surface area contributed by atoms with Gasteiger partial charge in [-0.2, -0.15) is 0 Å². The molecule has 0 aliphatic rings. The summed E-state index contributed by atoms with van der Waals surface area (Å²) in [6, 6.07) is 7.47. The van der Waals surface area contributed by atoms with Crippen molar-refractivity contribution in [3.63, 3.8) is 0 Å². The number of rotatable bonds is 3. The summed E-state index contributed by atoms with van der Waals surface area (Å²) in [7, 11) is 1.23. The van der Waals surface area contributed by atoms with Crippen LogP contribution in [0.2, 0.25) is 0 Å². The maximum atomic E-state index is 11.3. The number of hydrogen-bond acceptors (Lipinski definition) is 5. The van der Waals surface area contributed by atoms with Gasteiger partial charge >= 0.3 is 5.97 Å². The Labute approximate surface area is 116 Å². The predicted molar refractivity (Wildman–Crippen MR) is 69.8 cm³/mol. The average molecular weight is 326 g/mol. The first-order chi connectivity index (χ1) is 9.02. The molecule has 0 saturated heterocycles. The zero-order valence-electron chi connectivity index (χ0n) is 9.75. The minimum atomic E-state index is -0.633. The number of hydrogen-bond donors (Lipinski definition) is 0. The lowest BCUT2D eigenvalue weighted by Crippen LogP contribution is -1.98. The van der Waals surface area contributed by atoms with Crippen LogP contribution in [0.25, 0.3) is 11.3 Å². The first kappa shape index (κ1) is 13.3. The Morgan fingerprint density at radius 1 is 1.37 bits per heavy atom. The number of carbonyl (C=O) groups excluding carboxylic acids is 1. The number of nitro benzene ring substituents is 1. The number of nitro groups is 1. The molecule has 2 rings (SSSR count). The van der Waals surface area contributed by atoms with E-state index in [1.165, 1.54) is 25.3 Å². The zero-order valence-corrected chi connectivity index (χ0v) is 11.3. The Bertz CT molecular complexity index is 649. The molecule has 0 spiro atoms. The van der Waals surface area contributed by atoms with Crippen molar-refractivity contribution < 1.29 is 18.9 Å². The molecule has 0 aliphatic carbocycles. The summed E-state index contributed by atoms with van der Waals surface area (Å²) in [6.07, 6.45) is 0. The van der Waals surface area contributed by atoms with Crippen molar-refractivity contribution >= 4 is 27.6 Å². The third-order valence-electron chi connectivity index (χ3n) is 2.41. The van der Waals surface area contributed by atoms with Crippen LogP contribution >= 0.6 is 15.9 Å². The Morgan fingerprint density at radius 3 is 2.74 bits per heavy atom. The topological polar surface area (TPSA) is 82.6 Å². The monoisotopic (exact) mass is 325 g/mol. The van der Waals surface area contributed by atoms with Crippen molar-refractivity contribution in [3.8, 4) is 11.3 Å². The first-order valence-corrected chi connectivity index (χ1v) is 5.94. The van der Waals surface area contributed by atoms with Gasteiger partial charge in [-0.3, -0.25) is 10.1 Å². The second-order valence-corrected chi connectivity index (χ2v) is 4.49. The Kier molecular flexibility index (Phi) is 3.66. The lowest BCUT2D eigenvalue weighted by Gasteiger charge is -2.00. The van der Waals surface area contributed by atoms with Crippen molar-refractivity contribution in [2.45, 2.75) is 0 Å². The number of benzene rings is 1. The number of carbonyl (C=O) groups is 1. The highest BCUT2D eigenvalue weighted by Crippen LogP contribution is 2.33. The molecular formula is C12H8BrNO5. The number of nitrogens with zero attached hydrogens (tertiary/aromatic N) is 1. The van der Waals surface area contributed by atoms with E-state index in [0.29, 0.717) is 10.0 Å². The van der Waals surface area contributed by atoms with Gasteiger partial charge in [0.25, 0.3) is 5.69 Å². The van der Waals surface area contributed by atoms with E-state index in [0.717, 1.165) is 0 Å². The molecule has 7 heteroatoms. The fraction of sp³-hybridized carbons (Fsp3) is 0.0833. The van der Waals surface area contributed by atoms with Gasteiger partial charge in [0.2, 0.25) is 5.76 Å². The molecule has 0 N–H and O–H groups in total. The Balaban J connectivity index is 2.50. The quantitative estimate of drug-likeness (QED) is 0.490. The molecule has 0 unspecified atom stereocenters. The van der Waals surface area contributed by atoms with Gasteiger partial charge < -0.3 is 9.15 Å². The van der Waals surface area contributed by atoms with Crippen LogP contribution in [0, 0.1) is 10.1 Å². The van der Waals surface area contributed by atoms with E-state index in [1.54, 1.807) is 12.1 Å². The predicted octanol–water partition coefficient (Wildman–Crippen LogP) is 3.40. The molecule has 0 atom stereocenters. The number of furan rings is 1. The normalized spacial score (nSPS) is 10.2. The molecule has 98 valence electrons. The highest BCUT2D eigenvalue weighted by Gasteiger charge is 2.20. The van der Waals surface area contributed by atoms with Crippen LogP contribution in [0.1, 0.15) is 10.6 Å². The highest BCUT2D eigenvalue weighted by molar-refractivity contribution is 9.10. The highest BCUT2D eigenvalue weighted by atomic mass is 79.9. The number of esters is 1. The molecule has 2 aromatic rings. The van der Waals surface area contributed by atoms with Gasteiger partial charge in [0.05, 0.1) is 17.6 Å². The fourth-order valence-electron chi connectivity index (χ4n) is 1.56. The van der Waals surface area contributed by atoms with Crippen molar-refractivity contribution in [2.75, 3.05) is 7.11 Å². The SMILES string of the molecule is COC(=O)c1ccc(-c2ccc(Br)cc2[N+](=O)[O-])o1. The van der Waals surface area contributed by atoms with Crippen LogP contribution < -0.4 is 0 Å². The molecule has 6 nitrogen and oxygen atoms in total. The largest absolute Gasteiger partial charge is 0.463 e. The average Bonchev–Trinajstić information content (AvgIpc) is 2.87. The number of halogens is 1. The number of ether oxygens (including phenoxy) is 1. The van der Waals surface area contributed by atoms with E-state index in [-0.39, 0.29) is 17.2 Å². The van der Waals surface area contributed by atoms with E-state index < -0.39 is 10.9 Å². The van der Waals surface area contributed by atoms with Crippen LogP contribution in [0.5, 0.6) is 0 Å². The molecule has 0 amide bonds. The number of methoxy groups -OCH3 is 1. The van der Waals surface area contributed by atoms with Crippen molar-refractivity contribution in [1.82, 2.24) is 0 Å². The lowest BCUT2D eigenvalue weighted by molar-refractivity contribution is -0.384. The van der Waals surface area contributed by atoms with Crippen LogP contribution in [0.3, 0.4) is 0 Å². The molecule has 1 aromatic heterocycles. The maximum Gasteiger partial charge on any atom is 0.373 e. The van der Waals surface area contributed by atoms with E-state index in [4.69, 9.17) is 4.42 Å². The standard InChI is InChI=1S/C12H8BrNO5/c1-18-12(15)11-5-4-10(19-11)8-3-2-7(13)6-9(8)14(16)17/h2-6H,1H3. The molecule has 0 aliphatic heterocycles. The molecule has 0 radical (unpaired) electrons. The molecule has 1 aromatic carbocycles. The third kappa shape index (κ3) is 2.65. The van der Waals surface area contributed by atoms with E-state index >= 15 is 0 Å². The van der Waals surface area contributed by atoms with Gasteiger partial charge in [-0.15, -0.1) is 0 Å². The summed E-state index contributed by atoms with van der Waals surface area (Å²) in [5.41, 5.74) is 0.184. The van der Waals surface area contributed by atoms with E-state index in [9.17, 15) is 14.9 Å². The van der Waals surface area contributed by atoms with E-state index in [2.05, 4.69) is 20.7 Å². The van der Waals surface area contributed by atoms with Crippen LogP contribution in [0.4, 0.5) is 5.69 Å². The van der Waals surface area contributed by atoms with E-state index in [1.807, 2.05) is 0 Å². The summed E-state index contributed by atoms with van der Waals surface area (Å²) < 4.78 is 10.4. The van der Waals surface area contributed by atoms with Gasteiger partial charge in [-0.1, -0.05) is 15.9 Å². The third-order valence-corrected chi connectivity index (χ3v) is 2.91. The molecule has 1 heterocycles. The van der Waals surface area contributed by atoms with Crippen molar-refractivity contribution in [2.24, 2.45) is 0 Å². The summed E-state index contributed by atoms with van der Waals surface area (Å²) in [6.45, 7) is 0. The summed E-state index contributed by atoms with van der Waals surface area (Å²) in [4.78, 5) is 21.8. The minimum Gasteiger partial charge on any atom is -0.463 e. The molecule has 19 heavy (non-hydrogen) atoms. The summed E-state index contributed by atoms with van der Waals surface area (Å²) in [5.74, 6) is -0.402. The smallest absolute Gasteiger partial charge is 0.373 e. The Morgan fingerprint density at radius 2 is 2.11 bits per heavy atom. The second kappa shape index (κ2) is 5.23. The fourth-order valence-corrected chi connectivity index (χ4v) is 1.91. The van der Waals surface area contributed by atoms with Gasteiger partial charge in [0.15, 0.2) is 0 Å². The molecular weight excluding hydrogens is 318 g/mol. The van der Waals surface area contributed by atoms with Crippen LogP contribution in [-0.2, 0) is 4.74 Å². The maximum absolute atomic E-state index is 11.3. The van der Waals surface area contributed by atoms with Crippen molar-refractivity contribution in [1.29, 1.82) is 0 Å².